The van der Waals surface area contributed by atoms with Crippen molar-refractivity contribution in [3.05, 3.63) is 17.5 Å². The minimum absolute atomic E-state index is 0.0700. The smallest absolute Gasteiger partial charge is 0.317 e. The lowest BCUT2D eigenvalue weighted by atomic mass is 9.93. The van der Waals surface area contributed by atoms with Gasteiger partial charge in [-0.15, -0.1) is 0 Å². The van der Waals surface area contributed by atoms with Crippen molar-refractivity contribution in [2.45, 2.75) is 64.5 Å². The van der Waals surface area contributed by atoms with E-state index in [1.54, 1.807) is 0 Å². The average molecular weight is 249 g/mol. The van der Waals surface area contributed by atoms with Gasteiger partial charge in [0.2, 0.25) is 0 Å². The third-order valence-electron chi connectivity index (χ3n) is 3.46. The van der Waals surface area contributed by atoms with Crippen LogP contribution in [0.15, 0.2) is 6.07 Å². The zero-order valence-electron chi connectivity index (χ0n) is 11.5. The highest BCUT2D eigenvalue weighted by Crippen LogP contribution is 2.22. The van der Waals surface area contributed by atoms with Crippen LogP contribution in [0.5, 0.6) is 6.01 Å². The van der Waals surface area contributed by atoms with Crippen LogP contribution in [0.3, 0.4) is 0 Å². The molecule has 1 fully saturated rings. The molecule has 100 valence electrons. The van der Waals surface area contributed by atoms with Gasteiger partial charge in [0.1, 0.15) is 6.10 Å². The second-order valence-electron chi connectivity index (χ2n) is 5.48. The molecule has 1 saturated carbocycles. The third-order valence-corrected chi connectivity index (χ3v) is 3.46. The van der Waals surface area contributed by atoms with E-state index in [1.807, 2.05) is 13.0 Å². The summed E-state index contributed by atoms with van der Waals surface area (Å²) in [7, 11) is 0. The van der Waals surface area contributed by atoms with Gasteiger partial charge in [-0.25, -0.2) is 4.98 Å². The Kier molecular flexibility index (Phi) is 4.17. The van der Waals surface area contributed by atoms with Crippen LogP contribution in [0.2, 0.25) is 0 Å². The highest BCUT2D eigenvalue weighted by atomic mass is 16.5. The molecule has 1 aromatic heterocycles. The van der Waals surface area contributed by atoms with Crippen LogP contribution in [0, 0.1) is 6.92 Å². The fraction of sp³-hybridized carbons (Fsp3) is 0.714. The van der Waals surface area contributed by atoms with Crippen molar-refractivity contribution in [3.8, 4) is 6.01 Å². The van der Waals surface area contributed by atoms with Gasteiger partial charge in [-0.1, -0.05) is 20.3 Å². The number of ether oxygens (including phenoxy) is 1. The monoisotopic (exact) mass is 249 g/mol. The number of aryl methyl sites for hydroxylation is 1. The molecule has 4 heteroatoms. The molecular formula is C14H23N3O. The van der Waals surface area contributed by atoms with Crippen molar-refractivity contribution in [3.63, 3.8) is 0 Å². The molecule has 0 aliphatic heterocycles. The number of hydrogen-bond acceptors (Lipinski definition) is 4. The molecule has 18 heavy (non-hydrogen) atoms. The second kappa shape index (κ2) is 5.65. The molecule has 0 bridgehead atoms. The predicted molar refractivity (Wildman–Crippen MR) is 71.7 cm³/mol. The van der Waals surface area contributed by atoms with Gasteiger partial charge in [-0.2, -0.15) is 4.98 Å². The molecule has 2 atom stereocenters. The standard InChI is InChI=1S/C14H23N3O/c1-9(2)12-8-10(3)16-14(17-12)18-13-7-5-4-6-11(13)15/h8-9,11,13H,4-7,15H2,1-3H3. The Labute approximate surface area is 109 Å². The van der Waals surface area contributed by atoms with Gasteiger partial charge in [0.25, 0.3) is 0 Å². The summed E-state index contributed by atoms with van der Waals surface area (Å²) in [5.74, 6) is 0.383. The summed E-state index contributed by atoms with van der Waals surface area (Å²) in [5.41, 5.74) is 8.06. The maximum Gasteiger partial charge on any atom is 0.317 e. The van der Waals surface area contributed by atoms with E-state index in [0.717, 1.165) is 24.2 Å². The van der Waals surface area contributed by atoms with E-state index in [0.29, 0.717) is 11.9 Å². The van der Waals surface area contributed by atoms with E-state index in [9.17, 15) is 0 Å². The zero-order chi connectivity index (χ0) is 13.1. The minimum atomic E-state index is 0.0700. The van der Waals surface area contributed by atoms with Gasteiger partial charge < -0.3 is 10.5 Å². The number of nitrogens with two attached hydrogens (primary N) is 1. The first-order valence-electron chi connectivity index (χ1n) is 6.84. The van der Waals surface area contributed by atoms with Gasteiger partial charge >= 0.3 is 6.01 Å². The maximum absolute atomic E-state index is 6.08. The lowest BCUT2D eigenvalue weighted by Gasteiger charge is -2.28. The van der Waals surface area contributed by atoms with Gasteiger partial charge in [0.15, 0.2) is 0 Å². The molecular weight excluding hydrogens is 226 g/mol. The Morgan fingerprint density at radius 3 is 2.67 bits per heavy atom. The summed E-state index contributed by atoms with van der Waals surface area (Å²) in [4.78, 5) is 8.83. The lowest BCUT2D eigenvalue weighted by molar-refractivity contribution is 0.120. The van der Waals surface area contributed by atoms with Crippen LogP contribution in [0.1, 0.15) is 56.8 Å². The summed E-state index contributed by atoms with van der Waals surface area (Å²) in [6, 6.07) is 2.62. The van der Waals surface area contributed by atoms with Gasteiger partial charge in [0.05, 0.1) is 5.69 Å². The topological polar surface area (TPSA) is 61.0 Å². The zero-order valence-corrected chi connectivity index (χ0v) is 11.5. The van der Waals surface area contributed by atoms with Crippen LogP contribution in [-0.2, 0) is 0 Å². The second-order valence-corrected chi connectivity index (χ2v) is 5.48. The van der Waals surface area contributed by atoms with Crippen LogP contribution in [0.25, 0.3) is 0 Å². The predicted octanol–water partition coefficient (Wildman–Crippen LogP) is 2.56. The first-order valence-corrected chi connectivity index (χ1v) is 6.84. The van der Waals surface area contributed by atoms with Gasteiger partial charge in [-0.05, 0) is 38.2 Å². The number of nitrogens with zero attached hydrogens (tertiary/aromatic N) is 2. The summed E-state index contributed by atoms with van der Waals surface area (Å²) < 4.78 is 5.89. The fourth-order valence-electron chi connectivity index (χ4n) is 2.32. The van der Waals surface area contributed by atoms with Crippen LogP contribution in [-0.4, -0.2) is 22.1 Å². The molecule has 0 aromatic carbocycles. The van der Waals surface area contributed by atoms with Crippen molar-refractivity contribution >= 4 is 0 Å². The Balaban J connectivity index is 2.12. The molecule has 0 spiro atoms. The highest BCUT2D eigenvalue weighted by molar-refractivity contribution is 5.15. The largest absolute Gasteiger partial charge is 0.458 e. The van der Waals surface area contributed by atoms with E-state index in [2.05, 4.69) is 23.8 Å². The molecule has 4 nitrogen and oxygen atoms in total. The summed E-state index contributed by atoms with van der Waals surface area (Å²) in [5, 5.41) is 0. The lowest BCUT2D eigenvalue weighted by Crippen LogP contribution is -2.41. The van der Waals surface area contributed by atoms with E-state index >= 15 is 0 Å². The van der Waals surface area contributed by atoms with E-state index in [-0.39, 0.29) is 12.1 Å². The van der Waals surface area contributed by atoms with Crippen LogP contribution < -0.4 is 10.5 Å². The first kappa shape index (κ1) is 13.3. The molecule has 0 saturated heterocycles. The quantitative estimate of drug-likeness (QED) is 0.894. The van der Waals surface area contributed by atoms with Crippen LogP contribution in [0.4, 0.5) is 0 Å². The SMILES string of the molecule is Cc1cc(C(C)C)nc(OC2CCCCC2N)n1. The van der Waals surface area contributed by atoms with E-state index in [4.69, 9.17) is 10.5 Å². The molecule has 0 amide bonds. The molecule has 1 heterocycles. The van der Waals surface area contributed by atoms with Crippen molar-refractivity contribution in [1.29, 1.82) is 0 Å². The maximum atomic E-state index is 6.08. The van der Waals surface area contributed by atoms with E-state index in [1.165, 1.54) is 12.8 Å². The van der Waals surface area contributed by atoms with Crippen LogP contribution >= 0.6 is 0 Å². The molecule has 0 radical (unpaired) electrons. The number of rotatable bonds is 3. The molecule has 1 aliphatic rings. The Bertz CT molecular complexity index is 406. The summed E-state index contributed by atoms with van der Waals surface area (Å²) >= 11 is 0. The molecule has 1 aliphatic carbocycles. The third kappa shape index (κ3) is 3.19. The highest BCUT2D eigenvalue weighted by Gasteiger charge is 2.24. The summed E-state index contributed by atoms with van der Waals surface area (Å²) in [6.45, 7) is 6.22. The minimum Gasteiger partial charge on any atom is -0.458 e. The van der Waals surface area contributed by atoms with Crippen molar-refractivity contribution in [2.75, 3.05) is 0 Å². The molecule has 2 unspecified atom stereocenters. The van der Waals surface area contributed by atoms with Gasteiger partial charge in [-0.3, -0.25) is 0 Å². The van der Waals surface area contributed by atoms with Gasteiger partial charge in [0, 0.05) is 11.7 Å². The molecule has 2 N–H and O–H groups in total. The summed E-state index contributed by atoms with van der Waals surface area (Å²) in [6.07, 6.45) is 4.50. The number of aromatic nitrogens is 2. The number of hydrogen-bond donors (Lipinski definition) is 1. The van der Waals surface area contributed by atoms with Crippen molar-refractivity contribution in [2.24, 2.45) is 5.73 Å². The molecule has 1 aromatic rings. The normalized spacial score (nSPS) is 24.3. The first-order chi connectivity index (χ1) is 8.56. The van der Waals surface area contributed by atoms with Crippen molar-refractivity contribution in [1.82, 2.24) is 9.97 Å². The van der Waals surface area contributed by atoms with E-state index < -0.39 is 0 Å². The van der Waals surface area contributed by atoms with Crippen molar-refractivity contribution < 1.29 is 4.74 Å². The fourth-order valence-corrected chi connectivity index (χ4v) is 2.32. The Morgan fingerprint density at radius 1 is 1.28 bits per heavy atom. The molecule has 2 rings (SSSR count). The Morgan fingerprint density at radius 2 is 2.00 bits per heavy atom. The average Bonchev–Trinajstić information content (AvgIpc) is 2.31. The Hall–Kier alpha value is -1.16.